The van der Waals surface area contributed by atoms with Gasteiger partial charge in [0.15, 0.2) is 99.3 Å². The van der Waals surface area contributed by atoms with Gasteiger partial charge in [-0.15, -0.1) is 0 Å². The summed E-state index contributed by atoms with van der Waals surface area (Å²) in [6.07, 6.45) is -2.63. The molecule has 5 unspecified atom stereocenters. The predicted molar refractivity (Wildman–Crippen MR) is 407 cm³/mol. The Balaban J connectivity index is 0.000000169. The lowest BCUT2D eigenvalue weighted by molar-refractivity contribution is -0.194. The predicted octanol–water partition coefficient (Wildman–Crippen LogP) is 16.4. The van der Waals surface area contributed by atoms with Crippen molar-refractivity contribution in [2.45, 2.75) is 169 Å². The number of hydrogen-bond donors (Lipinski definition) is 0. The van der Waals surface area contributed by atoms with E-state index in [4.69, 9.17) is 18.9 Å². The molecule has 30 heteroatoms. The first kappa shape index (κ1) is 85.0. The molecule has 5 fully saturated rings. The van der Waals surface area contributed by atoms with E-state index in [-0.39, 0.29) is 68.4 Å². The van der Waals surface area contributed by atoms with Gasteiger partial charge < -0.3 is 42.1 Å². The average Bonchev–Trinajstić information content (AvgIpc) is 0.721. The van der Waals surface area contributed by atoms with Crippen molar-refractivity contribution in [3.63, 3.8) is 0 Å². The second-order valence-electron chi connectivity index (χ2n) is 27.7. The fourth-order valence-corrected chi connectivity index (χ4v) is 22.1. The molecule has 18 nitrogen and oxygen atoms in total. The van der Waals surface area contributed by atoms with E-state index in [1.807, 2.05) is 182 Å². The Morgan fingerprint density at radius 1 is 0.398 bits per heavy atom. The number of benzene rings is 9. The highest BCUT2D eigenvalue weighted by Crippen LogP contribution is 2.61. The standard InChI is InChI=1S/C32H32F2O6S2.C28H28F2O6S2.C23H20F2O6S2/c1-21(32(33,34)42(36,37)38)39-30(35)31-18-22-16-23(19-31)29(24(17-22)20-31)40-25-12-14-28(15-13-25)41(26-8-4-2-5-9-26)27-10-6-3-7-11-27;1-20(28(29,30)38(32,33)34)35-27(31)21-12-14-22(15-13-21)36-23-16-18-26(19-17-23)37(24-8-4-2-5-9-24)25-10-6-3-7-11-25;1-17(23(24,25)33(27,28)29)31-22(26)16-30-18-12-14-21(15-13-18)32(19-8-4-2-5-9-19)20-10-6-3-7-11-20/h2-15,21-24,29H,16-20H2,1H3;2-11,16-22H,12-15H2,1H3;2-15,17H,16H2,1H3. The SMILES string of the molecule is CC(OC(=O)C12CC3CC(C1)C(Oc1ccc([S+](c4ccccc4)c4ccccc4)cc1)C(C3)C2)C(F)(F)S(=O)(=O)[O-].CC(OC(=O)C1CCC(Oc2ccc([S+](c3ccccc3)c3ccccc3)cc2)CC1)C(F)(F)S(=O)(=O)[O-].CC(OC(=O)COc1ccc([S+](c2ccccc2)c2ccccc2)cc1)C(F)(F)S(=O)(=O)[O-]. The van der Waals surface area contributed by atoms with Gasteiger partial charge in [-0.3, -0.25) is 9.59 Å². The number of carbonyl (C=O) groups excluding carboxylic acids is 3. The Labute approximate surface area is 661 Å². The fraction of sp³-hybridized carbons (Fsp3) is 0.313. The van der Waals surface area contributed by atoms with Crippen LogP contribution in [0.4, 0.5) is 26.3 Å². The van der Waals surface area contributed by atoms with E-state index in [2.05, 4.69) is 70.1 Å². The first-order chi connectivity index (χ1) is 53.6. The van der Waals surface area contributed by atoms with Crippen molar-refractivity contribution >= 4 is 80.9 Å². The molecule has 0 heterocycles. The van der Waals surface area contributed by atoms with Crippen molar-refractivity contribution < 1.29 is 108 Å². The van der Waals surface area contributed by atoms with Crippen LogP contribution in [0.1, 0.15) is 78.6 Å². The monoisotopic (exact) mass is 1670 g/mol. The molecule has 113 heavy (non-hydrogen) atoms. The molecular formula is C83H80F6O18S6. The van der Waals surface area contributed by atoms with Gasteiger partial charge in [0.1, 0.15) is 23.4 Å². The molecule has 598 valence electrons. The molecule has 0 aromatic heterocycles. The summed E-state index contributed by atoms with van der Waals surface area (Å²) in [7, 11) is -18.8. The summed E-state index contributed by atoms with van der Waals surface area (Å²) in [6.45, 7) is 1.34. The van der Waals surface area contributed by atoms with E-state index in [0.717, 1.165) is 50.0 Å². The zero-order valence-corrected chi connectivity index (χ0v) is 66.0. The van der Waals surface area contributed by atoms with Crippen molar-refractivity contribution in [1.82, 2.24) is 0 Å². The first-order valence-corrected chi connectivity index (χ1v) is 43.9. The van der Waals surface area contributed by atoms with Gasteiger partial charge in [0, 0.05) is 0 Å². The van der Waals surface area contributed by atoms with E-state index in [9.17, 15) is 79.6 Å². The molecule has 0 N–H and O–H groups in total. The summed E-state index contributed by atoms with van der Waals surface area (Å²) < 4.78 is 211. The fourth-order valence-electron chi connectivity index (χ4n) is 14.5. The summed E-state index contributed by atoms with van der Waals surface area (Å²) in [6, 6.07) is 84.2. The smallest absolute Gasteiger partial charge is 0.370 e. The second-order valence-corrected chi connectivity index (χ2v) is 38.2. The van der Waals surface area contributed by atoms with Gasteiger partial charge in [-0.1, -0.05) is 109 Å². The van der Waals surface area contributed by atoms with Gasteiger partial charge in [-0.05, 0) is 242 Å². The van der Waals surface area contributed by atoms with Crippen LogP contribution in [-0.4, -0.2) is 110 Å². The number of rotatable bonds is 27. The van der Waals surface area contributed by atoms with Gasteiger partial charge in [0.2, 0.25) is 0 Å². The molecule has 9 aromatic carbocycles. The van der Waals surface area contributed by atoms with Crippen molar-refractivity contribution in [1.29, 1.82) is 0 Å². The Kier molecular flexibility index (Phi) is 27.3. The Bertz CT molecular complexity index is 4880. The summed E-state index contributed by atoms with van der Waals surface area (Å²) in [5, 5.41) is -14.1. The van der Waals surface area contributed by atoms with Crippen LogP contribution in [0.25, 0.3) is 0 Å². The third kappa shape index (κ3) is 20.6. The average molecular weight is 1670 g/mol. The lowest BCUT2D eigenvalue weighted by atomic mass is 9.48. The Morgan fingerprint density at radius 3 is 1.02 bits per heavy atom. The number of hydrogen-bond acceptors (Lipinski definition) is 18. The molecule has 5 aliphatic rings. The summed E-state index contributed by atoms with van der Waals surface area (Å²) in [4.78, 5) is 47.6. The quantitative estimate of drug-likeness (QED) is 0.0152. The molecule has 5 atom stereocenters. The van der Waals surface area contributed by atoms with E-state index in [0.29, 0.717) is 64.5 Å². The molecule has 14 rings (SSSR count). The lowest BCUT2D eigenvalue weighted by Crippen LogP contribution is -2.58. The number of ether oxygens (including phenoxy) is 6. The molecule has 0 aliphatic heterocycles. The van der Waals surface area contributed by atoms with Gasteiger partial charge in [-0.2, -0.15) is 26.3 Å². The third-order valence-electron chi connectivity index (χ3n) is 19.9. The summed E-state index contributed by atoms with van der Waals surface area (Å²) in [5.41, 5.74) is -0.961. The maximum Gasteiger partial charge on any atom is 0.370 e. The highest BCUT2D eigenvalue weighted by atomic mass is 32.2. The Hall–Kier alpha value is -8.85. The largest absolute Gasteiger partial charge is 0.743 e. The third-order valence-corrected chi connectivity index (χ3v) is 29.6. The van der Waals surface area contributed by atoms with Gasteiger partial charge in [-0.25, -0.2) is 30.0 Å². The van der Waals surface area contributed by atoms with E-state index in [1.165, 1.54) is 19.6 Å². The number of esters is 3. The molecule has 0 saturated heterocycles. The van der Waals surface area contributed by atoms with Crippen LogP contribution < -0.4 is 14.2 Å². The van der Waals surface area contributed by atoms with Gasteiger partial charge in [0.05, 0.1) is 50.1 Å². The van der Waals surface area contributed by atoms with Crippen LogP contribution >= 0.6 is 0 Å². The zero-order chi connectivity index (χ0) is 81.1. The second kappa shape index (κ2) is 36.3. The first-order valence-electron chi connectivity index (χ1n) is 36.0. The van der Waals surface area contributed by atoms with Crippen molar-refractivity contribution in [2.75, 3.05) is 6.61 Å². The topological polar surface area (TPSA) is 278 Å². The Morgan fingerprint density at radius 2 is 0.690 bits per heavy atom. The van der Waals surface area contributed by atoms with Crippen LogP contribution in [0, 0.1) is 29.1 Å². The number of alkyl halides is 6. The molecule has 5 aliphatic carbocycles. The van der Waals surface area contributed by atoms with Crippen LogP contribution in [0.2, 0.25) is 0 Å². The van der Waals surface area contributed by atoms with Crippen LogP contribution in [-0.2, 0) is 91.6 Å². The van der Waals surface area contributed by atoms with Gasteiger partial charge in [0.25, 0.3) is 0 Å². The van der Waals surface area contributed by atoms with E-state index < -0.39 is 100 Å². The molecule has 5 saturated carbocycles. The molecular weight excluding hydrogens is 1590 g/mol. The highest BCUT2D eigenvalue weighted by Gasteiger charge is 2.61. The maximum atomic E-state index is 14.0. The van der Waals surface area contributed by atoms with Crippen molar-refractivity contribution in [2.24, 2.45) is 29.1 Å². The maximum absolute atomic E-state index is 14.0. The molecule has 0 amide bonds. The number of halogens is 6. The van der Waals surface area contributed by atoms with Crippen LogP contribution in [0.15, 0.2) is 299 Å². The van der Waals surface area contributed by atoms with Crippen LogP contribution in [0.3, 0.4) is 0 Å². The normalized spacial score (nSPS) is 20.4. The highest BCUT2D eigenvalue weighted by molar-refractivity contribution is 7.97. The minimum Gasteiger partial charge on any atom is -0.743 e. The minimum absolute atomic E-state index is 0.0470. The van der Waals surface area contributed by atoms with Crippen LogP contribution in [0.5, 0.6) is 17.2 Å². The van der Waals surface area contributed by atoms with E-state index >= 15 is 0 Å². The molecule has 9 aromatic rings. The summed E-state index contributed by atoms with van der Waals surface area (Å²) in [5.74, 6) is -1.61. The number of carbonyl (C=O) groups is 3. The molecule has 0 radical (unpaired) electrons. The van der Waals surface area contributed by atoms with E-state index in [1.54, 1.807) is 12.1 Å². The van der Waals surface area contributed by atoms with Crippen molar-refractivity contribution in [3.8, 4) is 17.2 Å². The molecule has 0 spiro atoms. The summed E-state index contributed by atoms with van der Waals surface area (Å²) >= 11 is 0. The zero-order valence-electron chi connectivity index (χ0n) is 61.1. The van der Waals surface area contributed by atoms with Crippen molar-refractivity contribution in [3.05, 3.63) is 255 Å². The lowest BCUT2D eigenvalue weighted by Gasteiger charge is -2.58. The van der Waals surface area contributed by atoms with Gasteiger partial charge >= 0.3 is 33.7 Å². The molecule has 4 bridgehead atoms. The minimum atomic E-state index is -5.97.